The van der Waals surface area contributed by atoms with E-state index in [0.717, 1.165) is 36.0 Å². The van der Waals surface area contributed by atoms with Crippen LogP contribution in [0.25, 0.3) is 10.9 Å². The number of esters is 1. The summed E-state index contributed by atoms with van der Waals surface area (Å²) >= 11 is 0. The lowest BCUT2D eigenvalue weighted by Gasteiger charge is -2.47. The van der Waals surface area contributed by atoms with Crippen molar-refractivity contribution in [2.24, 2.45) is 7.05 Å². The number of fused-ring (bicyclic) bond motifs is 3. The van der Waals surface area contributed by atoms with E-state index in [1.54, 1.807) is 0 Å². The van der Waals surface area contributed by atoms with Crippen molar-refractivity contribution < 1.29 is 9.53 Å². The molecule has 0 amide bonds. The lowest BCUT2D eigenvalue weighted by molar-refractivity contribution is 0.0488. The van der Waals surface area contributed by atoms with E-state index in [1.807, 2.05) is 19.2 Å². The van der Waals surface area contributed by atoms with Crippen LogP contribution in [-0.2, 0) is 18.2 Å². The van der Waals surface area contributed by atoms with Crippen molar-refractivity contribution in [2.45, 2.75) is 56.7 Å². The first-order chi connectivity index (χ1) is 13.1. The smallest absolute Gasteiger partial charge is 0.338 e. The molecule has 4 rings (SSSR count). The SMILES string of the molecule is COC(=O)c1cccc2c1c(CCNC1CC3CCCC(C1)N3C)cn2C. The van der Waals surface area contributed by atoms with Crippen molar-refractivity contribution in [3.8, 4) is 0 Å². The molecule has 0 radical (unpaired) electrons. The molecule has 2 aliphatic rings. The van der Waals surface area contributed by atoms with E-state index >= 15 is 0 Å². The average Bonchev–Trinajstić information content (AvgIpc) is 2.98. The van der Waals surface area contributed by atoms with Crippen LogP contribution in [-0.4, -0.2) is 54.3 Å². The van der Waals surface area contributed by atoms with Crippen LogP contribution in [0.1, 0.15) is 48.0 Å². The van der Waals surface area contributed by atoms with Crippen LogP contribution in [0.15, 0.2) is 24.4 Å². The van der Waals surface area contributed by atoms with E-state index in [0.29, 0.717) is 11.6 Å². The van der Waals surface area contributed by atoms with Gasteiger partial charge in [-0.2, -0.15) is 0 Å². The number of aryl methyl sites for hydroxylation is 1. The zero-order valence-corrected chi connectivity index (χ0v) is 16.7. The van der Waals surface area contributed by atoms with Crippen LogP contribution < -0.4 is 5.32 Å². The fraction of sp³-hybridized carbons (Fsp3) is 0.591. The Hall–Kier alpha value is -1.85. The highest BCUT2D eigenvalue weighted by atomic mass is 16.5. The Kier molecular flexibility index (Phi) is 5.24. The molecule has 2 bridgehead atoms. The van der Waals surface area contributed by atoms with E-state index in [2.05, 4.69) is 34.1 Å². The number of hydrogen-bond donors (Lipinski definition) is 1. The van der Waals surface area contributed by atoms with Crippen molar-refractivity contribution in [3.63, 3.8) is 0 Å². The van der Waals surface area contributed by atoms with E-state index in [9.17, 15) is 4.79 Å². The molecule has 0 spiro atoms. The Morgan fingerprint density at radius 2 is 1.96 bits per heavy atom. The maximum Gasteiger partial charge on any atom is 0.338 e. The number of carbonyl (C=O) groups excluding carboxylic acids is 1. The molecule has 1 aromatic heterocycles. The highest BCUT2D eigenvalue weighted by Gasteiger charge is 2.35. The van der Waals surface area contributed by atoms with Gasteiger partial charge in [0.15, 0.2) is 0 Å². The molecule has 2 fully saturated rings. The Balaban J connectivity index is 1.46. The van der Waals surface area contributed by atoms with Crippen molar-refractivity contribution in [2.75, 3.05) is 20.7 Å². The van der Waals surface area contributed by atoms with Gasteiger partial charge in [-0.3, -0.25) is 0 Å². The lowest BCUT2D eigenvalue weighted by atomic mass is 9.82. The molecule has 3 heterocycles. The molecule has 2 unspecified atom stereocenters. The van der Waals surface area contributed by atoms with Crippen LogP contribution in [0, 0.1) is 0 Å². The molecule has 2 saturated heterocycles. The molecule has 146 valence electrons. The van der Waals surface area contributed by atoms with E-state index in [1.165, 1.54) is 44.8 Å². The van der Waals surface area contributed by atoms with Gasteiger partial charge in [-0.25, -0.2) is 4.79 Å². The summed E-state index contributed by atoms with van der Waals surface area (Å²) < 4.78 is 7.10. The number of piperidine rings is 2. The van der Waals surface area contributed by atoms with Crippen LogP contribution in [0.4, 0.5) is 0 Å². The third kappa shape index (κ3) is 3.50. The Labute approximate surface area is 161 Å². The quantitative estimate of drug-likeness (QED) is 0.823. The number of rotatable bonds is 5. The van der Waals surface area contributed by atoms with Gasteiger partial charge in [0.05, 0.1) is 12.7 Å². The number of nitrogens with one attached hydrogen (secondary N) is 1. The molecule has 1 N–H and O–H groups in total. The summed E-state index contributed by atoms with van der Waals surface area (Å²) in [6.45, 7) is 0.947. The Morgan fingerprint density at radius 3 is 2.67 bits per heavy atom. The summed E-state index contributed by atoms with van der Waals surface area (Å²) in [5.41, 5.74) is 2.97. The zero-order chi connectivity index (χ0) is 19.0. The van der Waals surface area contributed by atoms with Crippen LogP contribution in [0.5, 0.6) is 0 Å². The monoisotopic (exact) mass is 369 g/mol. The van der Waals surface area contributed by atoms with Crippen molar-refractivity contribution in [1.82, 2.24) is 14.8 Å². The Bertz CT molecular complexity index is 814. The predicted octanol–water partition coefficient (Wildman–Crippen LogP) is 3.11. The second-order valence-corrected chi connectivity index (χ2v) is 8.23. The first-order valence-electron chi connectivity index (χ1n) is 10.2. The van der Waals surface area contributed by atoms with E-state index in [-0.39, 0.29) is 5.97 Å². The van der Waals surface area contributed by atoms with Crippen LogP contribution in [0.3, 0.4) is 0 Å². The fourth-order valence-corrected chi connectivity index (χ4v) is 5.20. The van der Waals surface area contributed by atoms with Gasteiger partial charge in [-0.1, -0.05) is 12.5 Å². The molecular weight excluding hydrogens is 338 g/mol. The second kappa shape index (κ2) is 7.64. The summed E-state index contributed by atoms with van der Waals surface area (Å²) in [7, 11) is 5.79. The Morgan fingerprint density at radius 1 is 1.22 bits per heavy atom. The molecule has 1 aromatic carbocycles. The molecule has 0 aliphatic carbocycles. The summed E-state index contributed by atoms with van der Waals surface area (Å²) in [6, 6.07) is 7.97. The number of benzene rings is 1. The maximum atomic E-state index is 12.2. The van der Waals surface area contributed by atoms with Crippen LogP contribution >= 0.6 is 0 Å². The summed E-state index contributed by atoms with van der Waals surface area (Å²) in [4.78, 5) is 14.8. The third-order valence-electron chi connectivity index (χ3n) is 6.67. The number of carbonyl (C=O) groups is 1. The highest BCUT2D eigenvalue weighted by molar-refractivity contribution is 6.05. The number of aromatic nitrogens is 1. The largest absolute Gasteiger partial charge is 0.465 e. The van der Waals surface area contributed by atoms with Gasteiger partial charge in [0.2, 0.25) is 0 Å². The molecular formula is C22H31N3O2. The van der Waals surface area contributed by atoms with Crippen molar-refractivity contribution >= 4 is 16.9 Å². The first-order valence-corrected chi connectivity index (χ1v) is 10.2. The minimum absolute atomic E-state index is 0.260. The standard InChI is InChI=1S/C22H31N3O2/c1-24-14-15(21-19(22(26)27-3)8-5-9-20(21)24)10-11-23-16-12-17-6-4-7-18(13-16)25(17)2/h5,8-9,14,16-18,23H,4,6-7,10-13H2,1-3H3. The van der Waals surface area contributed by atoms with Gasteiger partial charge >= 0.3 is 5.97 Å². The molecule has 2 atom stereocenters. The summed E-state index contributed by atoms with van der Waals surface area (Å²) in [6.07, 6.45) is 9.67. The van der Waals surface area contributed by atoms with Crippen molar-refractivity contribution in [3.05, 3.63) is 35.5 Å². The number of hydrogen-bond acceptors (Lipinski definition) is 4. The number of nitrogens with zero attached hydrogens (tertiary/aromatic N) is 2. The zero-order valence-electron chi connectivity index (χ0n) is 16.7. The lowest BCUT2D eigenvalue weighted by Crippen LogP contribution is -2.54. The maximum absolute atomic E-state index is 12.2. The van der Waals surface area contributed by atoms with Gasteiger partial charge in [-0.15, -0.1) is 0 Å². The van der Waals surface area contributed by atoms with Gasteiger partial charge in [0.1, 0.15) is 0 Å². The van der Waals surface area contributed by atoms with Gasteiger partial charge < -0.3 is 19.5 Å². The molecule has 5 nitrogen and oxygen atoms in total. The minimum atomic E-state index is -0.260. The van der Waals surface area contributed by atoms with E-state index in [4.69, 9.17) is 4.74 Å². The second-order valence-electron chi connectivity index (χ2n) is 8.23. The highest BCUT2D eigenvalue weighted by Crippen LogP contribution is 2.32. The average molecular weight is 370 g/mol. The number of ether oxygens (including phenoxy) is 1. The summed E-state index contributed by atoms with van der Waals surface area (Å²) in [5.74, 6) is -0.260. The van der Waals surface area contributed by atoms with Crippen LogP contribution in [0.2, 0.25) is 0 Å². The molecule has 27 heavy (non-hydrogen) atoms. The molecule has 2 aromatic rings. The van der Waals surface area contributed by atoms with Crippen molar-refractivity contribution in [1.29, 1.82) is 0 Å². The minimum Gasteiger partial charge on any atom is -0.465 e. The third-order valence-corrected chi connectivity index (χ3v) is 6.67. The van der Waals surface area contributed by atoms with Gasteiger partial charge in [-0.05, 0) is 63.4 Å². The molecule has 5 heteroatoms. The van der Waals surface area contributed by atoms with E-state index < -0.39 is 0 Å². The van der Waals surface area contributed by atoms with Gasteiger partial charge in [0.25, 0.3) is 0 Å². The summed E-state index contributed by atoms with van der Waals surface area (Å²) in [5, 5.41) is 4.84. The first kappa shape index (κ1) is 18.5. The predicted molar refractivity (Wildman–Crippen MR) is 108 cm³/mol. The normalized spacial score (nSPS) is 25.7. The topological polar surface area (TPSA) is 46.5 Å². The number of methoxy groups -OCH3 is 1. The molecule has 0 saturated carbocycles. The van der Waals surface area contributed by atoms with Gasteiger partial charge in [0, 0.05) is 42.3 Å². The fourth-order valence-electron chi connectivity index (χ4n) is 5.20. The molecule has 2 aliphatic heterocycles.